The molecule has 0 spiro atoms. The summed E-state index contributed by atoms with van der Waals surface area (Å²) in [6.07, 6.45) is 0. The molecule has 7 heteroatoms. The van der Waals surface area contributed by atoms with E-state index in [1.807, 2.05) is 43.3 Å². The number of aromatic amines is 1. The van der Waals surface area contributed by atoms with Crippen molar-refractivity contribution in [3.05, 3.63) is 81.8 Å². The number of hydrogen-bond donors (Lipinski definition) is 3. The van der Waals surface area contributed by atoms with Crippen molar-refractivity contribution >= 4 is 57.5 Å². The van der Waals surface area contributed by atoms with Crippen molar-refractivity contribution in [1.29, 1.82) is 0 Å². The lowest BCUT2D eigenvalue weighted by molar-refractivity contribution is 0.102. The van der Waals surface area contributed by atoms with Crippen LogP contribution in [0.25, 0.3) is 11.0 Å². The van der Waals surface area contributed by atoms with Gasteiger partial charge in [-0.05, 0) is 48.9 Å². The zero-order valence-electron chi connectivity index (χ0n) is 14.9. The maximum Gasteiger partial charge on any atom is 0.255 e. The number of amides is 1. The van der Waals surface area contributed by atoms with Crippen LogP contribution in [0, 0.1) is 6.92 Å². The summed E-state index contributed by atoms with van der Waals surface area (Å²) in [5, 5.41) is 7.12. The normalized spacial score (nSPS) is 10.8. The van der Waals surface area contributed by atoms with E-state index in [1.54, 1.807) is 24.3 Å². The van der Waals surface area contributed by atoms with Crippen molar-refractivity contribution in [2.45, 2.75) is 6.92 Å². The Kier molecular flexibility index (Phi) is 4.94. The molecule has 28 heavy (non-hydrogen) atoms. The molecule has 1 aromatic heterocycles. The molecule has 0 radical (unpaired) electrons. The van der Waals surface area contributed by atoms with Gasteiger partial charge >= 0.3 is 0 Å². The molecule has 0 aliphatic rings. The number of nitrogens with one attached hydrogen (secondary N) is 3. The quantitative estimate of drug-likeness (QED) is 0.376. The van der Waals surface area contributed by atoms with E-state index in [4.69, 9.17) is 23.2 Å². The number of benzene rings is 3. The summed E-state index contributed by atoms with van der Waals surface area (Å²) in [5.41, 5.74) is 4.32. The van der Waals surface area contributed by atoms with Crippen molar-refractivity contribution in [2.24, 2.45) is 0 Å². The largest absolute Gasteiger partial charge is 0.324 e. The van der Waals surface area contributed by atoms with Gasteiger partial charge in [0.05, 0.1) is 32.5 Å². The molecule has 1 amide bonds. The van der Waals surface area contributed by atoms with Crippen LogP contribution in [0.2, 0.25) is 10.0 Å². The number of fused-ring (bicyclic) bond motifs is 1. The molecule has 0 aliphatic heterocycles. The monoisotopic (exact) mass is 410 g/mol. The Balaban J connectivity index is 1.60. The Bertz CT molecular complexity index is 1170. The minimum absolute atomic E-state index is 0.255. The molecule has 140 valence electrons. The fourth-order valence-electron chi connectivity index (χ4n) is 2.87. The third kappa shape index (κ3) is 3.67. The second kappa shape index (κ2) is 7.54. The minimum atomic E-state index is -0.255. The lowest BCUT2D eigenvalue weighted by Gasteiger charge is -2.08. The second-order valence-electron chi connectivity index (χ2n) is 6.31. The lowest BCUT2D eigenvalue weighted by Crippen LogP contribution is -2.12. The molecule has 0 bridgehead atoms. The molecule has 0 atom stereocenters. The van der Waals surface area contributed by atoms with Gasteiger partial charge in [0.25, 0.3) is 5.91 Å². The average molecular weight is 411 g/mol. The van der Waals surface area contributed by atoms with E-state index in [2.05, 4.69) is 20.6 Å². The molecular formula is C21H16Cl2N4O. The first-order valence-corrected chi connectivity index (χ1v) is 9.34. The maximum absolute atomic E-state index is 12.6. The summed E-state index contributed by atoms with van der Waals surface area (Å²) in [7, 11) is 0. The van der Waals surface area contributed by atoms with Gasteiger partial charge in [-0.1, -0.05) is 47.5 Å². The summed E-state index contributed by atoms with van der Waals surface area (Å²) in [4.78, 5) is 20.3. The summed E-state index contributed by atoms with van der Waals surface area (Å²) in [6, 6.07) is 18.0. The summed E-state index contributed by atoms with van der Waals surface area (Å²) < 4.78 is 0. The number of halogens is 2. The Morgan fingerprint density at radius 2 is 1.79 bits per heavy atom. The smallest absolute Gasteiger partial charge is 0.255 e. The topological polar surface area (TPSA) is 69.8 Å². The van der Waals surface area contributed by atoms with Crippen molar-refractivity contribution in [2.75, 3.05) is 10.6 Å². The molecule has 0 saturated carbocycles. The lowest BCUT2D eigenvalue weighted by atomic mass is 10.2. The van der Waals surface area contributed by atoms with Crippen LogP contribution >= 0.6 is 23.2 Å². The first-order chi connectivity index (χ1) is 13.5. The van der Waals surface area contributed by atoms with Gasteiger partial charge in [-0.3, -0.25) is 4.79 Å². The zero-order valence-corrected chi connectivity index (χ0v) is 16.4. The van der Waals surface area contributed by atoms with Gasteiger partial charge in [0.15, 0.2) is 0 Å². The number of hydrogen-bond acceptors (Lipinski definition) is 3. The molecule has 4 rings (SSSR count). The van der Waals surface area contributed by atoms with Gasteiger partial charge in [-0.15, -0.1) is 0 Å². The summed E-state index contributed by atoms with van der Waals surface area (Å²) >= 11 is 12.4. The second-order valence-corrected chi connectivity index (χ2v) is 7.12. The first-order valence-electron chi connectivity index (χ1n) is 8.59. The van der Waals surface area contributed by atoms with E-state index in [9.17, 15) is 4.79 Å². The molecule has 0 saturated heterocycles. The van der Waals surface area contributed by atoms with E-state index in [1.165, 1.54) is 0 Å². The zero-order chi connectivity index (χ0) is 19.7. The van der Waals surface area contributed by atoms with Crippen LogP contribution in [0.15, 0.2) is 60.7 Å². The molecule has 4 aromatic rings. The highest BCUT2D eigenvalue weighted by Crippen LogP contribution is 2.29. The molecule has 3 N–H and O–H groups in total. The molecule has 5 nitrogen and oxygen atoms in total. The van der Waals surface area contributed by atoms with Crippen LogP contribution in [-0.4, -0.2) is 15.9 Å². The van der Waals surface area contributed by atoms with Gasteiger partial charge < -0.3 is 15.6 Å². The van der Waals surface area contributed by atoms with Gasteiger partial charge in [0.1, 0.15) is 0 Å². The Morgan fingerprint density at radius 1 is 1.00 bits per heavy atom. The van der Waals surface area contributed by atoms with E-state index >= 15 is 0 Å². The van der Waals surface area contributed by atoms with Crippen LogP contribution < -0.4 is 10.6 Å². The van der Waals surface area contributed by atoms with Gasteiger partial charge in [-0.2, -0.15) is 0 Å². The van der Waals surface area contributed by atoms with Crippen LogP contribution in [-0.2, 0) is 0 Å². The van der Waals surface area contributed by atoms with Crippen molar-refractivity contribution in [3.63, 3.8) is 0 Å². The first kappa shape index (κ1) is 18.3. The van der Waals surface area contributed by atoms with Gasteiger partial charge in [0.2, 0.25) is 5.95 Å². The highest BCUT2D eigenvalue weighted by atomic mass is 35.5. The fourth-order valence-corrected chi connectivity index (χ4v) is 3.32. The van der Waals surface area contributed by atoms with Crippen LogP contribution in [0.5, 0.6) is 0 Å². The number of para-hydroxylation sites is 2. The highest BCUT2D eigenvalue weighted by molar-refractivity contribution is 6.34. The molecule has 0 aliphatic carbocycles. The van der Waals surface area contributed by atoms with E-state index in [-0.39, 0.29) is 5.91 Å². The molecule has 0 fully saturated rings. The van der Waals surface area contributed by atoms with E-state index < -0.39 is 0 Å². The van der Waals surface area contributed by atoms with E-state index in [0.29, 0.717) is 32.8 Å². The Labute approximate surface area is 171 Å². The number of rotatable bonds is 4. The number of nitrogens with zero attached hydrogens (tertiary/aromatic N) is 1. The molecule has 3 aromatic carbocycles. The summed E-state index contributed by atoms with van der Waals surface area (Å²) in [5.74, 6) is 0.296. The number of anilines is 3. The Morgan fingerprint density at radius 3 is 2.57 bits per heavy atom. The van der Waals surface area contributed by atoms with Crippen LogP contribution in [0.3, 0.4) is 0 Å². The predicted molar refractivity (Wildman–Crippen MR) is 115 cm³/mol. The number of imidazole rings is 1. The number of carbonyl (C=O) groups excluding carboxylic acids is 1. The average Bonchev–Trinajstić information content (AvgIpc) is 3.08. The SMILES string of the molecule is Cc1cccc(Cl)c1Nc1nc2cc(C(=O)Nc3ccccc3Cl)ccc2[nH]1. The third-order valence-electron chi connectivity index (χ3n) is 4.33. The van der Waals surface area contributed by atoms with Crippen LogP contribution in [0.4, 0.5) is 17.3 Å². The van der Waals surface area contributed by atoms with Crippen LogP contribution in [0.1, 0.15) is 15.9 Å². The minimum Gasteiger partial charge on any atom is -0.324 e. The highest BCUT2D eigenvalue weighted by Gasteiger charge is 2.12. The maximum atomic E-state index is 12.6. The van der Waals surface area contributed by atoms with Crippen molar-refractivity contribution in [3.8, 4) is 0 Å². The predicted octanol–water partition coefficient (Wildman–Crippen LogP) is 6.17. The number of carbonyl (C=O) groups is 1. The van der Waals surface area contributed by atoms with Crippen molar-refractivity contribution < 1.29 is 4.79 Å². The summed E-state index contributed by atoms with van der Waals surface area (Å²) in [6.45, 7) is 1.97. The Hall–Kier alpha value is -3.02. The van der Waals surface area contributed by atoms with E-state index in [0.717, 1.165) is 16.8 Å². The molecule has 1 heterocycles. The standard InChI is InChI=1S/C21H16Cl2N4O/c1-12-5-4-7-15(23)19(12)27-21-25-17-10-9-13(11-18(17)26-21)20(28)24-16-8-3-2-6-14(16)22/h2-11H,1H3,(H,24,28)(H2,25,26,27). The molecule has 0 unspecified atom stereocenters. The van der Waals surface area contributed by atoms with Gasteiger partial charge in [-0.25, -0.2) is 4.98 Å². The number of aryl methyl sites for hydroxylation is 1. The van der Waals surface area contributed by atoms with Crippen molar-refractivity contribution in [1.82, 2.24) is 9.97 Å². The third-order valence-corrected chi connectivity index (χ3v) is 4.98. The number of H-pyrrole nitrogens is 1. The fraction of sp³-hybridized carbons (Fsp3) is 0.0476. The number of aromatic nitrogens is 2. The van der Waals surface area contributed by atoms with Gasteiger partial charge in [0, 0.05) is 5.56 Å². The molecular weight excluding hydrogens is 395 g/mol.